The van der Waals surface area contributed by atoms with Crippen LogP contribution in [0.3, 0.4) is 0 Å². The van der Waals surface area contributed by atoms with Gasteiger partial charge in [-0.1, -0.05) is 94.4 Å². The molecule has 0 bridgehead atoms. The normalized spacial score (nSPS) is 11.9. The Morgan fingerprint density at radius 2 is 1.37 bits per heavy atom. The molecule has 2 nitrogen and oxygen atoms in total. The summed E-state index contributed by atoms with van der Waals surface area (Å²) in [5.74, 6) is 1.87. The van der Waals surface area contributed by atoms with Crippen LogP contribution in [0.5, 0.6) is 0 Å². The lowest BCUT2D eigenvalue weighted by molar-refractivity contribution is 0.811. The van der Waals surface area contributed by atoms with E-state index in [2.05, 4.69) is 105 Å². The highest BCUT2D eigenvalue weighted by molar-refractivity contribution is 7.25. The second-order valence-electron chi connectivity index (χ2n) is 8.48. The number of aromatic nitrogens is 2. The summed E-state index contributed by atoms with van der Waals surface area (Å²) in [7, 11) is 0. The van der Waals surface area contributed by atoms with Gasteiger partial charge in [0, 0.05) is 15.6 Å². The van der Waals surface area contributed by atoms with Crippen molar-refractivity contribution in [2.45, 2.75) is 39.5 Å². The number of fused-ring (bicyclic) bond motifs is 3. The van der Waals surface area contributed by atoms with E-state index >= 15 is 0 Å². The molecule has 2 heterocycles. The number of benzene rings is 3. The molecule has 3 heteroatoms. The molecule has 0 aliphatic carbocycles. The summed E-state index contributed by atoms with van der Waals surface area (Å²) in [6.45, 7) is 9.13. The Labute approximate surface area is 181 Å². The van der Waals surface area contributed by atoms with E-state index in [0.717, 1.165) is 16.2 Å². The van der Waals surface area contributed by atoms with E-state index < -0.39 is 0 Å². The van der Waals surface area contributed by atoms with Gasteiger partial charge in [0.1, 0.15) is 10.7 Å². The van der Waals surface area contributed by atoms with E-state index in [0.29, 0.717) is 11.8 Å². The molecular weight excluding hydrogens is 384 g/mol. The third-order valence-electron chi connectivity index (χ3n) is 5.79. The zero-order chi connectivity index (χ0) is 20.8. The zero-order valence-electron chi connectivity index (χ0n) is 17.9. The molecule has 30 heavy (non-hydrogen) atoms. The van der Waals surface area contributed by atoms with Gasteiger partial charge in [-0.2, -0.15) is 0 Å². The number of imidazole rings is 1. The lowest BCUT2D eigenvalue weighted by atomic mass is 9.92. The second kappa shape index (κ2) is 7.41. The lowest BCUT2D eigenvalue weighted by Crippen LogP contribution is -2.08. The molecule has 0 spiro atoms. The van der Waals surface area contributed by atoms with Gasteiger partial charge < -0.3 is 0 Å². The fraction of sp³-hybridized carbons (Fsp3) is 0.222. The summed E-state index contributed by atoms with van der Waals surface area (Å²) in [5.41, 5.74) is 6.41. The van der Waals surface area contributed by atoms with Crippen LogP contribution in [-0.2, 0) is 0 Å². The highest BCUT2D eigenvalue weighted by Crippen LogP contribution is 2.42. The largest absolute Gasteiger partial charge is 0.290 e. The minimum atomic E-state index is 0.421. The summed E-state index contributed by atoms with van der Waals surface area (Å²) in [6.07, 6.45) is 0. The highest BCUT2D eigenvalue weighted by Gasteiger charge is 2.24. The van der Waals surface area contributed by atoms with E-state index in [4.69, 9.17) is 4.98 Å². The van der Waals surface area contributed by atoms with Crippen molar-refractivity contribution < 1.29 is 0 Å². The first kappa shape index (κ1) is 19.1. The van der Waals surface area contributed by atoms with Gasteiger partial charge in [-0.05, 0) is 29.0 Å². The molecule has 0 radical (unpaired) electrons. The van der Waals surface area contributed by atoms with Crippen molar-refractivity contribution in [3.63, 3.8) is 0 Å². The number of nitrogens with zero attached hydrogens (tertiary/aromatic N) is 2. The molecule has 150 valence electrons. The summed E-state index contributed by atoms with van der Waals surface area (Å²) < 4.78 is 3.73. The van der Waals surface area contributed by atoms with Crippen LogP contribution in [-0.4, -0.2) is 9.55 Å². The van der Waals surface area contributed by atoms with E-state index in [-0.39, 0.29) is 0 Å². The van der Waals surface area contributed by atoms with Gasteiger partial charge in [-0.25, -0.2) is 4.98 Å². The van der Waals surface area contributed by atoms with Crippen molar-refractivity contribution in [1.82, 2.24) is 9.55 Å². The Morgan fingerprint density at radius 3 is 2.03 bits per heavy atom. The molecule has 0 aliphatic heterocycles. The Balaban J connectivity index is 1.98. The van der Waals surface area contributed by atoms with Gasteiger partial charge in [0.05, 0.1) is 11.2 Å². The summed E-state index contributed by atoms with van der Waals surface area (Å²) in [4.78, 5) is 6.28. The fourth-order valence-corrected chi connectivity index (χ4v) is 5.39. The molecular formula is C27H26N2S. The van der Waals surface area contributed by atoms with Crippen LogP contribution < -0.4 is 0 Å². The second-order valence-corrected chi connectivity index (χ2v) is 9.51. The third kappa shape index (κ3) is 2.96. The highest BCUT2D eigenvalue weighted by atomic mass is 32.1. The minimum absolute atomic E-state index is 0.421. The number of thiophene rings is 1. The van der Waals surface area contributed by atoms with Crippen LogP contribution in [0, 0.1) is 0 Å². The average Bonchev–Trinajstić information content (AvgIpc) is 3.29. The van der Waals surface area contributed by atoms with E-state index in [1.54, 1.807) is 11.3 Å². The van der Waals surface area contributed by atoms with Gasteiger partial charge in [0.25, 0.3) is 0 Å². The van der Waals surface area contributed by atoms with Crippen molar-refractivity contribution in [1.29, 1.82) is 0 Å². The monoisotopic (exact) mass is 410 g/mol. The standard InChI is InChI=1S/C27H26N2S/c1-17(2)20-14-10-15-21(18(3)4)24(20)29-25-22-13-8-9-16-23(22)30-27(25)28-26(29)19-11-6-5-7-12-19/h5-18H,1-4H3. The van der Waals surface area contributed by atoms with Crippen LogP contribution in [0.4, 0.5) is 0 Å². The maximum Gasteiger partial charge on any atom is 0.146 e. The first-order chi connectivity index (χ1) is 14.6. The van der Waals surface area contributed by atoms with Crippen LogP contribution in [0.2, 0.25) is 0 Å². The van der Waals surface area contributed by atoms with E-state index in [1.807, 2.05) is 0 Å². The summed E-state index contributed by atoms with van der Waals surface area (Å²) in [6, 6.07) is 26.0. The van der Waals surface area contributed by atoms with Gasteiger partial charge in [-0.3, -0.25) is 4.57 Å². The van der Waals surface area contributed by atoms with Crippen LogP contribution in [0.1, 0.15) is 50.7 Å². The smallest absolute Gasteiger partial charge is 0.146 e. The van der Waals surface area contributed by atoms with Gasteiger partial charge in [0.15, 0.2) is 0 Å². The Hall–Kier alpha value is -2.91. The average molecular weight is 411 g/mol. The first-order valence-electron chi connectivity index (χ1n) is 10.6. The molecule has 0 saturated carbocycles. The van der Waals surface area contributed by atoms with Crippen LogP contribution >= 0.6 is 11.3 Å². The molecule has 0 aliphatic rings. The Morgan fingerprint density at radius 1 is 0.733 bits per heavy atom. The van der Waals surface area contributed by atoms with Crippen LogP contribution in [0.25, 0.3) is 37.5 Å². The third-order valence-corrected chi connectivity index (χ3v) is 6.85. The predicted octanol–water partition coefficient (Wildman–Crippen LogP) is 8.15. The quantitative estimate of drug-likeness (QED) is 0.292. The van der Waals surface area contributed by atoms with Gasteiger partial charge >= 0.3 is 0 Å². The number of hydrogen-bond donors (Lipinski definition) is 0. The maximum absolute atomic E-state index is 5.18. The number of rotatable bonds is 4. The molecule has 5 aromatic rings. The summed E-state index contributed by atoms with van der Waals surface area (Å²) >= 11 is 1.78. The molecule has 0 amide bonds. The van der Waals surface area contributed by atoms with Crippen molar-refractivity contribution >= 4 is 31.8 Å². The fourth-order valence-electron chi connectivity index (χ4n) is 4.33. The maximum atomic E-state index is 5.18. The van der Waals surface area contributed by atoms with E-state index in [1.165, 1.54) is 32.4 Å². The van der Waals surface area contributed by atoms with Crippen molar-refractivity contribution in [2.24, 2.45) is 0 Å². The Bertz CT molecular complexity index is 1310. The van der Waals surface area contributed by atoms with Gasteiger partial charge in [-0.15, -0.1) is 11.3 Å². The van der Waals surface area contributed by atoms with Gasteiger partial charge in [0.2, 0.25) is 0 Å². The number of hydrogen-bond acceptors (Lipinski definition) is 2. The Kier molecular flexibility index (Phi) is 4.71. The van der Waals surface area contributed by atoms with Crippen molar-refractivity contribution in [3.05, 3.63) is 83.9 Å². The number of para-hydroxylation sites is 1. The molecule has 2 aromatic heterocycles. The molecule has 0 unspecified atom stereocenters. The topological polar surface area (TPSA) is 17.8 Å². The first-order valence-corrected chi connectivity index (χ1v) is 11.5. The van der Waals surface area contributed by atoms with Crippen molar-refractivity contribution in [2.75, 3.05) is 0 Å². The van der Waals surface area contributed by atoms with E-state index in [9.17, 15) is 0 Å². The molecule has 5 rings (SSSR count). The zero-order valence-corrected chi connectivity index (χ0v) is 18.7. The molecule has 0 saturated heterocycles. The molecule has 0 N–H and O–H groups in total. The molecule has 0 atom stereocenters. The molecule has 0 fully saturated rings. The SMILES string of the molecule is CC(C)c1cccc(C(C)C)c1-n1c(-c2ccccc2)nc2sc3ccccc3c21. The summed E-state index contributed by atoms with van der Waals surface area (Å²) in [5, 5.41) is 1.28. The molecule has 3 aromatic carbocycles. The predicted molar refractivity (Wildman–Crippen MR) is 130 cm³/mol. The van der Waals surface area contributed by atoms with Crippen LogP contribution in [0.15, 0.2) is 72.8 Å². The minimum Gasteiger partial charge on any atom is -0.290 e. The lowest BCUT2D eigenvalue weighted by Gasteiger charge is -2.22. The van der Waals surface area contributed by atoms with Crippen molar-refractivity contribution in [3.8, 4) is 17.1 Å².